The molecular weight excluding hydrogens is 224 g/mol. The highest BCUT2D eigenvalue weighted by molar-refractivity contribution is 7.71. The largest absolute Gasteiger partial charge is 0.394 e. The third-order valence-corrected chi connectivity index (χ3v) is 3.59. The Morgan fingerprint density at radius 2 is 2.31 bits per heavy atom. The van der Waals surface area contributed by atoms with E-state index >= 15 is 0 Å². The second-order valence-electron chi connectivity index (χ2n) is 4.15. The fourth-order valence-corrected chi connectivity index (χ4v) is 2.68. The van der Waals surface area contributed by atoms with E-state index in [0.29, 0.717) is 4.64 Å². The van der Waals surface area contributed by atoms with Gasteiger partial charge in [-0.1, -0.05) is 19.1 Å². The number of hydrogen-bond donors (Lipinski definition) is 2. The van der Waals surface area contributed by atoms with Gasteiger partial charge in [0.1, 0.15) is 4.64 Å². The minimum Gasteiger partial charge on any atom is -0.394 e. The number of nitrogens with zero attached hydrogens (tertiary/aromatic N) is 1. The number of aromatic nitrogens is 2. The van der Waals surface area contributed by atoms with Gasteiger partial charge in [-0.15, -0.1) is 0 Å². The third kappa shape index (κ3) is 1.74. The zero-order valence-corrected chi connectivity index (χ0v) is 10.1. The molecule has 0 aromatic carbocycles. The maximum atomic E-state index is 11.9. The van der Waals surface area contributed by atoms with E-state index in [1.54, 1.807) is 4.57 Å². The first-order valence-corrected chi connectivity index (χ1v) is 6.07. The molecule has 4 nitrogen and oxygen atoms in total. The standard InChI is InChI=1S/C11H16N2O2S/c1-2-7(6-14)13-9-5-3-4-8(9)10(16)12-11(13)15/h7,14H,2-6H2,1H3,(H,12,15,16)/t7-/m1/s1. The summed E-state index contributed by atoms with van der Waals surface area (Å²) in [4.78, 5) is 14.6. The first-order valence-electron chi connectivity index (χ1n) is 5.66. The lowest BCUT2D eigenvalue weighted by Gasteiger charge is -2.19. The molecule has 0 fully saturated rings. The molecule has 88 valence electrons. The van der Waals surface area contributed by atoms with Crippen LogP contribution < -0.4 is 5.69 Å². The summed E-state index contributed by atoms with van der Waals surface area (Å²) in [6, 6.07) is -0.133. The van der Waals surface area contributed by atoms with Gasteiger partial charge < -0.3 is 5.11 Å². The van der Waals surface area contributed by atoms with Gasteiger partial charge in [-0.3, -0.25) is 9.55 Å². The van der Waals surface area contributed by atoms with Crippen molar-refractivity contribution in [2.75, 3.05) is 6.61 Å². The molecule has 1 aromatic rings. The smallest absolute Gasteiger partial charge is 0.327 e. The lowest BCUT2D eigenvalue weighted by molar-refractivity contribution is 0.218. The fourth-order valence-electron chi connectivity index (χ4n) is 2.37. The molecule has 0 unspecified atom stereocenters. The number of rotatable bonds is 3. The number of nitrogens with one attached hydrogen (secondary N) is 1. The molecule has 1 aliphatic rings. The van der Waals surface area contributed by atoms with Crippen LogP contribution in [-0.2, 0) is 12.8 Å². The van der Waals surface area contributed by atoms with Crippen molar-refractivity contribution in [3.05, 3.63) is 26.4 Å². The molecule has 0 radical (unpaired) electrons. The molecule has 0 saturated carbocycles. The van der Waals surface area contributed by atoms with Gasteiger partial charge in [-0.2, -0.15) is 0 Å². The SMILES string of the molecule is CC[C@H](CO)n1c2c(c(=S)[nH]c1=O)CCC2. The molecule has 1 heterocycles. The Labute approximate surface area is 98.9 Å². The number of aliphatic hydroxyl groups excluding tert-OH is 1. The van der Waals surface area contributed by atoms with Gasteiger partial charge in [-0.05, 0) is 25.7 Å². The lowest BCUT2D eigenvalue weighted by atomic mass is 10.2. The fraction of sp³-hybridized carbons (Fsp3) is 0.636. The average molecular weight is 240 g/mol. The Bertz CT molecular complexity index is 500. The van der Waals surface area contributed by atoms with Crippen LogP contribution in [0.3, 0.4) is 0 Å². The first kappa shape index (κ1) is 11.5. The summed E-state index contributed by atoms with van der Waals surface area (Å²) in [5.74, 6) is 0. The number of hydrogen-bond acceptors (Lipinski definition) is 3. The van der Waals surface area contributed by atoms with Gasteiger partial charge in [-0.25, -0.2) is 4.79 Å². The predicted molar refractivity (Wildman–Crippen MR) is 64.3 cm³/mol. The van der Waals surface area contributed by atoms with Gasteiger partial charge in [0, 0.05) is 11.3 Å². The van der Waals surface area contributed by atoms with Crippen molar-refractivity contribution in [2.45, 2.75) is 38.6 Å². The summed E-state index contributed by atoms with van der Waals surface area (Å²) in [6.07, 6.45) is 3.61. The van der Waals surface area contributed by atoms with Gasteiger partial charge in [0.25, 0.3) is 0 Å². The minimum absolute atomic E-state index is 0.00649. The molecule has 1 atom stereocenters. The molecule has 2 N–H and O–H groups in total. The third-order valence-electron chi connectivity index (χ3n) is 3.24. The number of aliphatic hydroxyl groups is 1. The van der Waals surface area contributed by atoms with Crippen LogP contribution in [0.5, 0.6) is 0 Å². The van der Waals surface area contributed by atoms with Crippen molar-refractivity contribution in [3.8, 4) is 0 Å². The maximum absolute atomic E-state index is 11.9. The summed E-state index contributed by atoms with van der Waals surface area (Å²) >= 11 is 5.15. The molecular formula is C11H16N2O2S. The second-order valence-corrected chi connectivity index (χ2v) is 4.56. The number of aromatic amines is 1. The Morgan fingerprint density at radius 1 is 1.56 bits per heavy atom. The molecule has 0 aliphatic heterocycles. The van der Waals surface area contributed by atoms with Crippen molar-refractivity contribution in [2.24, 2.45) is 0 Å². The summed E-state index contributed by atoms with van der Waals surface area (Å²) in [5, 5.41) is 9.30. The van der Waals surface area contributed by atoms with E-state index in [1.807, 2.05) is 6.92 Å². The normalized spacial score (nSPS) is 16.1. The van der Waals surface area contributed by atoms with Crippen LogP contribution in [0.4, 0.5) is 0 Å². The molecule has 16 heavy (non-hydrogen) atoms. The zero-order chi connectivity index (χ0) is 11.7. The Balaban J connectivity index is 2.66. The molecule has 1 aromatic heterocycles. The summed E-state index contributed by atoms with van der Waals surface area (Å²) in [6.45, 7) is 1.96. The number of H-pyrrole nitrogens is 1. The predicted octanol–water partition coefficient (Wildman–Crippen LogP) is 1.34. The minimum atomic E-state index is -0.188. The Kier molecular flexibility index (Phi) is 3.25. The molecule has 1 aliphatic carbocycles. The van der Waals surface area contributed by atoms with Crippen molar-refractivity contribution < 1.29 is 5.11 Å². The van der Waals surface area contributed by atoms with E-state index in [2.05, 4.69) is 4.98 Å². The molecule has 0 saturated heterocycles. The highest BCUT2D eigenvalue weighted by Gasteiger charge is 2.21. The second kappa shape index (κ2) is 4.51. The summed E-state index contributed by atoms with van der Waals surface area (Å²) in [7, 11) is 0. The van der Waals surface area contributed by atoms with Gasteiger partial charge in [0.05, 0.1) is 12.6 Å². The molecule has 0 amide bonds. The molecule has 2 rings (SSSR count). The summed E-state index contributed by atoms with van der Waals surface area (Å²) < 4.78 is 2.26. The highest BCUT2D eigenvalue weighted by Crippen LogP contribution is 2.23. The van der Waals surface area contributed by atoms with Crippen LogP contribution in [0, 0.1) is 4.64 Å². The topological polar surface area (TPSA) is 58.0 Å². The first-order chi connectivity index (χ1) is 7.69. The van der Waals surface area contributed by atoms with E-state index in [-0.39, 0.29) is 18.3 Å². The van der Waals surface area contributed by atoms with Crippen molar-refractivity contribution in [1.29, 1.82) is 0 Å². The molecule has 0 spiro atoms. The van der Waals surface area contributed by atoms with E-state index in [1.165, 1.54) is 0 Å². The number of fused-ring (bicyclic) bond motifs is 1. The van der Waals surface area contributed by atoms with Crippen LogP contribution in [0.15, 0.2) is 4.79 Å². The summed E-state index contributed by atoms with van der Waals surface area (Å²) in [5.41, 5.74) is 1.92. The van der Waals surface area contributed by atoms with Crippen LogP contribution in [0.2, 0.25) is 0 Å². The van der Waals surface area contributed by atoms with E-state index < -0.39 is 0 Å². The van der Waals surface area contributed by atoms with Crippen LogP contribution in [-0.4, -0.2) is 21.3 Å². The monoisotopic (exact) mass is 240 g/mol. The average Bonchev–Trinajstić information content (AvgIpc) is 2.73. The van der Waals surface area contributed by atoms with E-state index in [0.717, 1.165) is 36.9 Å². The van der Waals surface area contributed by atoms with Gasteiger partial charge >= 0.3 is 5.69 Å². The quantitative estimate of drug-likeness (QED) is 0.784. The molecule has 5 heteroatoms. The van der Waals surface area contributed by atoms with Gasteiger partial charge in [0.15, 0.2) is 0 Å². The van der Waals surface area contributed by atoms with Crippen LogP contribution in [0.25, 0.3) is 0 Å². The lowest BCUT2D eigenvalue weighted by Crippen LogP contribution is -2.31. The van der Waals surface area contributed by atoms with Crippen LogP contribution >= 0.6 is 12.2 Å². The highest BCUT2D eigenvalue weighted by atomic mass is 32.1. The van der Waals surface area contributed by atoms with E-state index in [9.17, 15) is 9.90 Å². The molecule has 0 bridgehead atoms. The Hall–Kier alpha value is -0.940. The van der Waals surface area contributed by atoms with E-state index in [4.69, 9.17) is 12.2 Å². The van der Waals surface area contributed by atoms with Crippen molar-refractivity contribution in [3.63, 3.8) is 0 Å². The Morgan fingerprint density at radius 3 is 2.94 bits per heavy atom. The van der Waals surface area contributed by atoms with Crippen molar-refractivity contribution in [1.82, 2.24) is 9.55 Å². The van der Waals surface area contributed by atoms with Crippen LogP contribution in [0.1, 0.15) is 37.1 Å². The van der Waals surface area contributed by atoms with Crippen molar-refractivity contribution >= 4 is 12.2 Å². The van der Waals surface area contributed by atoms with Gasteiger partial charge in [0.2, 0.25) is 0 Å². The maximum Gasteiger partial charge on any atom is 0.327 e. The zero-order valence-electron chi connectivity index (χ0n) is 9.32.